The molecule has 0 saturated carbocycles. The fourth-order valence-corrected chi connectivity index (χ4v) is 4.45. The van der Waals surface area contributed by atoms with Crippen LogP contribution < -0.4 is 5.32 Å². The maximum Gasteiger partial charge on any atom is 0.513 e. The molecule has 2 aliphatic rings. The summed E-state index contributed by atoms with van der Waals surface area (Å²) in [6, 6.07) is 5.66. The van der Waals surface area contributed by atoms with Crippen molar-refractivity contribution >= 4 is 23.3 Å². The molecule has 0 radical (unpaired) electrons. The molecule has 0 amide bonds. The summed E-state index contributed by atoms with van der Waals surface area (Å²) in [5, 5.41) is 15.6. The predicted octanol–water partition coefficient (Wildman–Crippen LogP) is 2.24. The van der Waals surface area contributed by atoms with Gasteiger partial charge >= 0.3 is 6.16 Å². The topological polar surface area (TPSA) is 106 Å². The summed E-state index contributed by atoms with van der Waals surface area (Å²) in [5.41, 5.74) is 0.00844. The zero-order valence-corrected chi connectivity index (χ0v) is 19.1. The molecule has 0 spiro atoms. The van der Waals surface area contributed by atoms with Crippen molar-refractivity contribution in [2.45, 2.75) is 18.5 Å². The fraction of sp³-hybridized carbons (Fsp3) is 0.409. The number of rotatable bonds is 6. The number of nitrogens with zero attached hydrogens (tertiary/aromatic N) is 3. The molecule has 1 saturated heterocycles. The number of aliphatic hydroxyl groups excluding tert-OH is 1. The van der Waals surface area contributed by atoms with Crippen LogP contribution in [0.5, 0.6) is 0 Å². The van der Waals surface area contributed by atoms with E-state index in [1.165, 1.54) is 30.6 Å². The Balaban J connectivity index is 1.83. The van der Waals surface area contributed by atoms with Crippen LogP contribution in [0.2, 0.25) is 0 Å². The van der Waals surface area contributed by atoms with Gasteiger partial charge in [0.15, 0.2) is 16.6 Å². The van der Waals surface area contributed by atoms with E-state index in [-0.39, 0.29) is 24.2 Å². The zero-order chi connectivity index (χ0) is 23.4. The lowest BCUT2D eigenvalue weighted by Crippen LogP contribution is -2.51. The molecule has 2 N–H and O–H groups in total. The molecule has 2 aliphatic heterocycles. The fourth-order valence-electron chi connectivity index (χ4n) is 3.87. The van der Waals surface area contributed by atoms with Crippen LogP contribution in [0.15, 0.2) is 52.3 Å². The van der Waals surface area contributed by atoms with E-state index in [1.54, 1.807) is 25.3 Å². The average molecular weight is 477 g/mol. The Labute approximate surface area is 194 Å². The van der Waals surface area contributed by atoms with E-state index in [1.807, 2.05) is 10.3 Å². The first-order chi connectivity index (χ1) is 15.9. The molecule has 2 atom stereocenters. The molecule has 1 fully saturated rings. The number of amidine groups is 1. The van der Waals surface area contributed by atoms with Crippen LogP contribution in [-0.4, -0.2) is 73.0 Å². The van der Waals surface area contributed by atoms with E-state index in [9.17, 15) is 14.3 Å². The second kappa shape index (κ2) is 9.96. The van der Waals surface area contributed by atoms with Crippen molar-refractivity contribution in [2.75, 3.05) is 40.0 Å². The van der Waals surface area contributed by atoms with E-state index in [0.29, 0.717) is 48.4 Å². The summed E-state index contributed by atoms with van der Waals surface area (Å²) in [4.78, 5) is 23.5. The number of hydrogen-bond acceptors (Lipinski definition) is 10. The van der Waals surface area contributed by atoms with Crippen molar-refractivity contribution in [1.29, 1.82) is 0 Å². The van der Waals surface area contributed by atoms with Crippen LogP contribution in [0.1, 0.15) is 17.5 Å². The Hall–Kier alpha value is -2.86. The molecule has 176 valence electrons. The number of hydrogen-bond donors (Lipinski definition) is 2. The van der Waals surface area contributed by atoms with Crippen molar-refractivity contribution in [2.24, 2.45) is 4.99 Å². The molecule has 1 unspecified atom stereocenters. The molecule has 2 aromatic rings. The number of aromatic nitrogens is 1. The van der Waals surface area contributed by atoms with Gasteiger partial charge < -0.3 is 24.6 Å². The maximum absolute atomic E-state index is 13.7. The van der Waals surface area contributed by atoms with E-state index in [0.717, 1.165) is 0 Å². The van der Waals surface area contributed by atoms with Gasteiger partial charge in [0.2, 0.25) is 0 Å². The Morgan fingerprint density at radius 3 is 2.88 bits per heavy atom. The van der Waals surface area contributed by atoms with Crippen LogP contribution in [-0.2, 0) is 19.7 Å². The van der Waals surface area contributed by atoms with Crippen LogP contribution in [0.3, 0.4) is 0 Å². The number of halogens is 1. The highest BCUT2D eigenvalue weighted by atomic mass is 32.1. The second-order valence-corrected chi connectivity index (χ2v) is 8.64. The number of carbonyl (C=O) groups excluding carboxylic acids is 1. The number of ether oxygens (including phenoxy) is 3. The number of aliphatic imine (C=N–C) groups is 1. The first kappa shape index (κ1) is 23.3. The quantitative estimate of drug-likeness (QED) is 0.612. The van der Waals surface area contributed by atoms with Crippen molar-refractivity contribution in [3.63, 3.8) is 0 Å². The van der Waals surface area contributed by atoms with E-state index in [4.69, 9.17) is 19.2 Å². The van der Waals surface area contributed by atoms with E-state index in [2.05, 4.69) is 10.3 Å². The molecule has 1 aromatic carbocycles. The highest BCUT2D eigenvalue weighted by Gasteiger charge is 2.42. The normalized spacial score (nSPS) is 23.6. The Kier molecular flexibility index (Phi) is 7.03. The van der Waals surface area contributed by atoms with Gasteiger partial charge in [-0.3, -0.25) is 4.90 Å². The van der Waals surface area contributed by atoms with E-state index >= 15 is 0 Å². The summed E-state index contributed by atoms with van der Waals surface area (Å²) in [5.74, 6) is 0.335. The largest absolute Gasteiger partial charge is 0.513 e. The Morgan fingerprint density at radius 1 is 1.42 bits per heavy atom. The first-order valence-electron chi connectivity index (χ1n) is 10.4. The Bertz CT molecular complexity index is 1040. The first-order valence-corrected chi connectivity index (χ1v) is 11.3. The lowest BCUT2D eigenvalue weighted by molar-refractivity contribution is -0.0242. The summed E-state index contributed by atoms with van der Waals surface area (Å²) < 4.78 is 29.6. The van der Waals surface area contributed by atoms with Gasteiger partial charge in [0.05, 0.1) is 38.7 Å². The molecule has 4 rings (SSSR count). The summed E-state index contributed by atoms with van der Waals surface area (Å²) in [6.45, 7) is 3.51. The van der Waals surface area contributed by atoms with Crippen LogP contribution in [0.4, 0.5) is 9.18 Å². The van der Waals surface area contributed by atoms with Gasteiger partial charge in [-0.1, -0.05) is 12.1 Å². The summed E-state index contributed by atoms with van der Waals surface area (Å²) in [6.07, 6.45) is 0.777. The molecular formula is C22H25FN4O5S. The SMILES string of the molecule is COC(=O)OC1=C(CN2CCOC[C@H]2CO)NC(c2nccs2)=NC1(C)c1ccc(F)cc1. The lowest BCUT2D eigenvalue weighted by Gasteiger charge is -2.39. The third-order valence-corrected chi connectivity index (χ3v) is 6.42. The molecule has 0 bridgehead atoms. The summed E-state index contributed by atoms with van der Waals surface area (Å²) in [7, 11) is 1.22. The van der Waals surface area contributed by atoms with Crippen LogP contribution >= 0.6 is 11.3 Å². The maximum atomic E-state index is 13.7. The zero-order valence-electron chi connectivity index (χ0n) is 18.3. The van der Waals surface area contributed by atoms with Crippen molar-refractivity contribution in [1.82, 2.24) is 15.2 Å². The second-order valence-electron chi connectivity index (χ2n) is 7.75. The number of morpholine rings is 1. The predicted molar refractivity (Wildman–Crippen MR) is 119 cm³/mol. The van der Waals surface area contributed by atoms with Gasteiger partial charge in [0.1, 0.15) is 11.4 Å². The standard InChI is InChI=1S/C22H25FN4O5S/c1-22(14-3-5-15(23)6-4-14)18(32-21(29)30-2)17(11-27-8-9-31-13-16(27)12-28)25-19(26-22)20-24-7-10-33-20/h3-7,10,16,28H,8-9,11-13H2,1-2H3,(H,25,26)/t16-,22?/m1/s1. The molecular weight excluding hydrogens is 451 g/mol. The van der Waals surface area contributed by atoms with Crippen molar-refractivity contribution < 1.29 is 28.5 Å². The minimum absolute atomic E-state index is 0.0802. The van der Waals surface area contributed by atoms with Crippen LogP contribution in [0.25, 0.3) is 0 Å². The number of carbonyl (C=O) groups is 1. The molecule has 0 aliphatic carbocycles. The van der Waals surface area contributed by atoms with Gasteiger partial charge in [-0.25, -0.2) is 19.2 Å². The van der Waals surface area contributed by atoms with Crippen molar-refractivity contribution in [3.05, 3.63) is 63.7 Å². The Morgan fingerprint density at radius 2 is 2.21 bits per heavy atom. The molecule has 3 heterocycles. The highest BCUT2D eigenvalue weighted by Crippen LogP contribution is 2.39. The monoisotopic (exact) mass is 476 g/mol. The molecule has 11 heteroatoms. The van der Waals surface area contributed by atoms with Crippen LogP contribution in [0, 0.1) is 5.82 Å². The third-order valence-electron chi connectivity index (χ3n) is 5.64. The number of aliphatic hydroxyl groups is 1. The number of thiazole rings is 1. The molecule has 33 heavy (non-hydrogen) atoms. The third kappa shape index (κ3) is 4.91. The average Bonchev–Trinajstić information content (AvgIpc) is 3.37. The molecule has 1 aromatic heterocycles. The van der Waals surface area contributed by atoms with Gasteiger partial charge in [-0.05, 0) is 24.6 Å². The van der Waals surface area contributed by atoms with Gasteiger partial charge in [-0.2, -0.15) is 0 Å². The summed E-state index contributed by atoms with van der Waals surface area (Å²) >= 11 is 1.41. The van der Waals surface area contributed by atoms with Crippen molar-refractivity contribution in [3.8, 4) is 0 Å². The minimum atomic E-state index is -1.18. The minimum Gasteiger partial charge on any atom is -0.437 e. The number of methoxy groups -OCH3 is 1. The van der Waals surface area contributed by atoms with Gasteiger partial charge in [-0.15, -0.1) is 11.3 Å². The number of benzene rings is 1. The van der Waals surface area contributed by atoms with Gasteiger partial charge in [0, 0.05) is 24.7 Å². The van der Waals surface area contributed by atoms with Gasteiger partial charge in [0.25, 0.3) is 0 Å². The highest BCUT2D eigenvalue weighted by molar-refractivity contribution is 7.11. The lowest BCUT2D eigenvalue weighted by atomic mass is 9.87. The molecule has 9 nitrogen and oxygen atoms in total. The number of nitrogens with one attached hydrogen (secondary N) is 1. The van der Waals surface area contributed by atoms with E-state index < -0.39 is 11.7 Å². The smallest absolute Gasteiger partial charge is 0.437 e.